The summed E-state index contributed by atoms with van der Waals surface area (Å²) in [5, 5.41) is 10.9. The molecule has 1 heterocycles. The lowest BCUT2D eigenvalue weighted by atomic mass is 10.2. The fourth-order valence-electron chi connectivity index (χ4n) is 2.75. The molecule has 0 aliphatic carbocycles. The molecular weight excluding hydrogens is 475 g/mol. The molecule has 2 N–H and O–H groups in total. The van der Waals surface area contributed by atoms with Crippen LogP contribution in [0.5, 0.6) is 0 Å². The van der Waals surface area contributed by atoms with Crippen molar-refractivity contribution in [3.05, 3.63) is 88.4 Å². The number of anilines is 2. The molecule has 162 valence electrons. The third-order valence-corrected chi connectivity index (χ3v) is 6.20. The van der Waals surface area contributed by atoms with Gasteiger partial charge in [0, 0.05) is 16.3 Å². The largest absolute Gasteiger partial charge is 0.403 e. The van der Waals surface area contributed by atoms with Gasteiger partial charge in [-0.3, -0.25) is 14.8 Å². The van der Waals surface area contributed by atoms with E-state index in [1.165, 1.54) is 30.3 Å². The van der Waals surface area contributed by atoms with Gasteiger partial charge in [0.15, 0.2) is 0 Å². The molecular formula is C21H14Cl2N4O4S. The highest BCUT2D eigenvalue weighted by Crippen LogP contribution is 2.30. The van der Waals surface area contributed by atoms with Crippen molar-refractivity contribution >= 4 is 50.8 Å². The number of sulfonamides is 1. The van der Waals surface area contributed by atoms with Crippen LogP contribution in [0.3, 0.4) is 0 Å². The van der Waals surface area contributed by atoms with Crippen LogP contribution in [0.25, 0.3) is 11.5 Å². The lowest BCUT2D eigenvalue weighted by Crippen LogP contribution is -2.15. The number of rotatable bonds is 6. The molecule has 0 aliphatic heterocycles. The molecule has 0 fully saturated rings. The monoisotopic (exact) mass is 488 g/mol. The molecule has 0 spiro atoms. The first-order valence-electron chi connectivity index (χ1n) is 9.10. The molecule has 1 aromatic heterocycles. The van der Waals surface area contributed by atoms with E-state index in [1.54, 1.807) is 42.5 Å². The predicted octanol–water partition coefficient (Wildman–Crippen LogP) is 5.10. The number of halogens is 2. The van der Waals surface area contributed by atoms with Crippen molar-refractivity contribution < 1.29 is 17.6 Å². The number of nitrogens with one attached hydrogen (secondary N) is 2. The Morgan fingerprint density at radius 3 is 2.47 bits per heavy atom. The van der Waals surface area contributed by atoms with Crippen molar-refractivity contribution in [1.82, 2.24) is 10.2 Å². The fraction of sp³-hybridized carbons (Fsp3) is 0. The van der Waals surface area contributed by atoms with Crippen molar-refractivity contribution in [2.24, 2.45) is 0 Å². The first-order valence-corrected chi connectivity index (χ1v) is 11.3. The highest BCUT2D eigenvalue weighted by atomic mass is 35.5. The van der Waals surface area contributed by atoms with Crippen molar-refractivity contribution in [2.45, 2.75) is 4.90 Å². The van der Waals surface area contributed by atoms with E-state index in [1.807, 2.05) is 0 Å². The summed E-state index contributed by atoms with van der Waals surface area (Å²) >= 11 is 12.1. The van der Waals surface area contributed by atoms with E-state index in [0.29, 0.717) is 15.6 Å². The van der Waals surface area contributed by atoms with Crippen molar-refractivity contribution in [2.75, 3.05) is 10.0 Å². The number of benzene rings is 3. The summed E-state index contributed by atoms with van der Waals surface area (Å²) in [7, 11) is -3.80. The molecule has 4 aromatic rings. The number of hydrogen-bond donors (Lipinski definition) is 2. The van der Waals surface area contributed by atoms with E-state index in [4.69, 9.17) is 27.6 Å². The van der Waals surface area contributed by atoms with Crippen LogP contribution in [-0.4, -0.2) is 24.5 Å². The summed E-state index contributed by atoms with van der Waals surface area (Å²) < 4.78 is 32.9. The van der Waals surface area contributed by atoms with Gasteiger partial charge in [-0.25, -0.2) is 8.42 Å². The van der Waals surface area contributed by atoms with Gasteiger partial charge in [0.1, 0.15) is 0 Å². The Morgan fingerprint density at radius 1 is 0.906 bits per heavy atom. The lowest BCUT2D eigenvalue weighted by molar-refractivity contribution is 0.102. The number of aromatic nitrogens is 2. The van der Waals surface area contributed by atoms with Gasteiger partial charge in [-0.2, -0.15) is 0 Å². The minimum Gasteiger partial charge on any atom is -0.403 e. The Bertz CT molecular complexity index is 1390. The van der Waals surface area contributed by atoms with Crippen LogP contribution in [0.4, 0.5) is 11.7 Å². The van der Waals surface area contributed by atoms with Gasteiger partial charge in [0.2, 0.25) is 0 Å². The van der Waals surface area contributed by atoms with Gasteiger partial charge in [-0.15, -0.1) is 5.10 Å². The topological polar surface area (TPSA) is 114 Å². The average Bonchev–Trinajstić information content (AvgIpc) is 3.24. The summed E-state index contributed by atoms with van der Waals surface area (Å²) in [6.07, 6.45) is 0. The quantitative estimate of drug-likeness (QED) is 0.390. The maximum Gasteiger partial charge on any atom is 0.322 e. The summed E-state index contributed by atoms with van der Waals surface area (Å²) in [5.74, 6) is -0.490. The van der Waals surface area contributed by atoms with E-state index in [2.05, 4.69) is 20.2 Å². The Balaban J connectivity index is 1.50. The zero-order chi connectivity index (χ0) is 22.7. The molecule has 11 heteroatoms. The molecule has 0 atom stereocenters. The van der Waals surface area contributed by atoms with E-state index in [-0.39, 0.29) is 28.1 Å². The van der Waals surface area contributed by atoms with Gasteiger partial charge in [0.05, 0.1) is 15.5 Å². The van der Waals surface area contributed by atoms with Crippen LogP contribution in [0.1, 0.15) is 10.4 Å². The minimum atomic E-state index is -3.80. The molecule has 0 bridgehead atoms. The SMILES string of the molecule is O=C(Nc1nnc(-c2cc(Cl)ccc2Cl)o1)c1cccc(NS(=O)(=O)c2ccccc2)c1. The molecule has 4 rings (SSSR count). The Morgan fingerprint density at radius 2 is 1.69 bits per heavy atom. The second-order valence-corrected chi connectivity index (χ2v) is 9.02. The maximum atomic E-state index is 12.6. The molecule has 32 heavy (non-hydrogen) atoms. The Kier molecular flexibility index (Phi) is 6.13. The summed E-state index contributed by atoms with van der Waals surface area (Å²) in [4.78, 5) is 12.7. The zero-order valence-electron chi connectivity index (χ0n) is 16.1. The molecule has 1 amide bonds. The first kappa shape index (κ1) is 21.8. The first-order chi connectivity index (χ1) is 15.3. The smallest absolute Gasteiger partial charge is 0.322 e. The van der Waals surface area contributed by atoms with E-state index in [0.717, 1.165) is 0 Å². The third-order valence-electron chi connectivity index (χ3n) is 4.23. The molecule has 0 aliphatic rings. The second-order valence-electron chi connectivity index (χ2n) is 6.49. The van der Waals surface area contributed by atoms with Gasteiger partial charge in [-0.05, 0) is 48.5 Å². The molecule has 3 aromatic carbocycles. The summed E-state index contributed by atoms with van der Waals surface area (Å²) in [6, 6.07) is 18.5. The van der Waals surface area contributed by atoms with Gasteiger partial charge >= 0.3 is 6.01 Å². The normalized spacial score (nSPS) is 11.2. The van der Waals surface area contributed by atoms with Crippen LogP contribution in [0, 0.1) is 0 Å². The lowest BCUT2D eigenvalue weighted by Gasteiger charge is -2.09. The van der Waals surface area contributed by atoms with E-state index >= 15 is 0 Å². The minimum absolute atomic E-state index is 0.0807. The highest BCUT2D eigenvalue weighted by Gasteiger charge is 2.17. The number of carbonyl (C=O) groups is 1. The maximum absolute atomic E-state index is 12.6. The number of hydrogen-bond acceptors (Lipinski definition) is 6. The molecule has 0 unspecified atom stereocenters. The van der Waals surface area contributed by atoms with Gasteiger partial charge < -0.3 is 4.42 Å². The third kappa shape index (κ3) is 4.91. The van der Waals surface area contributed by atoms with Gasteiger partial charge in [-0.1, -0.05) is 52.6 Å². The Hall–Kier alpha value is -3.40. The van der Waals surface area contributed by atoms with Gasteiger partial charge in [0.25, 0.3) is 21.8 Å². The number of nitrogens with zero attached hydrogens (tertiary/aromatic N) is 2. The van der Waals surface area contributed by atoms with Crippen LogP contribution in [0.2, 0.25) is 10.0 Å². The number of amides is 1. The van der Waals surface area contributed by atoms with Crippen LogP contribution >= 0.6 is 23.2 Å². The zero-order valence-corrected chi connectivity index (χ0v) is 18.4. The van der Waals surface area contributed by atoms with Crippen molar-refractivity contribution in [3.8, 4) is 11.5 Å². The molecule has 0 saturated carbocycles. The molecule has 0 saturated heterocycles. The second kappa shape index (κ2) is 8.99. The van der Waals surface area contributed by atoms with Crippen LogP contribution in [-0.2, 0) is 10.0 Å². The summed E-state index contributed by atoms with van der Waals surface area (Å²) in [6.45, 7) is 0. The van der Waals surface area contributed by atoms with Crippen LogP contribution in [0.15, 0.2) is 82.1 Å². The molecule has 0 radical (unpaired) electrons. The van der Waals surface area contributed by atoms with E-state index < -0.39 is 15.9 Å². The van der Waals surface area contributed by atoms with E-state index in [9.17, 15) is 13.2 Å². The predicted molar refractivity (Wildman–Crippen MR) is 121 cm³/mol. The number of carbonyl (C=O) groups excluding carboxylic acids is 1. The highest BCUT2D eigenvalue weighted by molar-refractivity contribution is 7.92. The standard InChI is InChI=1S/C21H14Cl2N4O4S/c22-14-9-10-18(23)17(12-14)20-25-26-21(31-20)24-19(28)13-5-4-6-15(11-13)27-32(29,30)16-7-2-1-3-8-16/h1-12,27H,(H,24,26,28). The average molecular weight is 489 g/mol. The molecule has 8 nitrogen and oxygen atoms in total. The summed E-state index contributed by atoms with van der Waals surface area (Å²) in [5.41, 5.74) is 0.821. The fourth-order valence-corrected chi connectivity index (χ4v) is 4.19. The van der Waals surface area contributed by atoms with Crippen molar-refractivity contribution in [3.63, 3.8) is 0 Å². The van der Waals surface area contributed by atoms with Crippen molar-refractivity contribution in [1.29, 1.82) is 0 Å². The van der Waals surface area contributed by atoms with Crippen LogP contribution < -0.4 is 10.0 Å². The Labute approximate surface area is 193 Å².